The minimum atomic E-state index is -0.462. The van der Waals surface area contributed by atoms with Crippen molar-refractivity contribution in [2.45, 2.75) is 32.1 Å². The Balaban J connectivity index is 0.000000898. The summed E-state index contributed by atoms with van der Waals surface area (Å²) in [6.07, 6.45) is 6.41. The minimum absolute atomic E-state index is 0. The third kappa shape index (κ3) is 7.56. The van der Waals surface area contributed by atoms with Crippen LogP contribution in [0.4, 0.5) is 17.2 Å². The van der Waals surface area contributed by atoms with E-state index < -0.39 is 5.91 Å². The van der Waals surface area contributed by atoms with Crippen molar-refractivity contribution < 1.29 is 24.2 Å². The van der Waals surface area contributed by atoms with Crippen LogP contribution in [-0.2, 0) is 4.79 Å². The van der Waals surface area contributed by atoms with Crippen molar-refractivity contribution in [3.05, 3.63) is 47.3 Å². The number of fused-ring (bicyclic) bond motifs is 1. The molecular formula is C25H33Cl2N5O5. The molecule has 0 radical (unpaired) electrons. The quantitative estimate of drug-likeness (QED) is 0.263. The number of carbonyl (C=O) groups excluding carboxylic acids is 2. The van der Waals surface area contributed by atoms with Gasteiger partial charge in [-0.1, -0.05) is 30.9 Å². The van der Waals surface area contributed by atoms with Gasteiger partial charge in [0.25, 0.3) is 5.91 Å². The van der Waals surface area contributed by atoms with Crippen LogP contribution in [0.5, 0.6) is 0 Å². The summed E-state index contributed by atoms with van der Waals surface area (Å²) < 4.78 is 5.94. The summed E-state index contributed by atoms with van der Waals surface area (Å²) >= 11 is 5.85. The number of amides is 2. The average molecular weight is 554 g/mol. The number of furan rings is 1. The van der Waals surface area contributed by atoms with Gasteiger partial charge < -0.3 is 25.7 Å². The van der Waals surface area contributed by atoms with Crippen LogP contribution >= 0.6 is 24.0 Å². The van der Waals surface area contributed by atoms with Crippen LogP contribution < -0.4 is 16.1 Å². The Morgan fingerprint density at radius 2 is 1.81 bits per heavy atom. The number of rotatable bonds is 6. The number of nitrogens with one attached hydrogen (secondary N) is 1. The summed E-state index contributed by atoms with van der Waals surface area (Å²) in [6.45, 7) is -0.250. The average Bonchev–Trinajstić information content (AvgIpc) is 3.32. The predicted octanol–water partition coefficient (Wildman–Crippen LogP) is 4.10. The Labute approximate surface area is 226 Å². The van der Waals surface area contributed by atoms with Gasteiger partial charge in [0.05, 0.1) is 23.9 Å². The molecule has 0 bridgehead atoms. The molecular weight excluding hydrogens is 521 g/mol. The van der Waals surface area contributed by atoms with Crippen LogP contribution in [0.15, 0.2) is 40.9 Å². The van der Waals surface area contributed by atoms with Crippen LogP contribution in [0.1, 0.15) is 42.7 Å². The van der Waals surface area contributed by atoms with E-state index in [1.807, 2.05) is 0 Å². The summed E-state index contributed by atoms with van der Waals surface area (Å²) in [5.74, 6) is -0.0962. The highest BCUT2D eigenvalue weighted by molar-refractivity contribution is 6.30. The van der Waals surface area contributed by atoms with Gasteiger partial charge in [-0.25, -0.2) is 15.0 Å². The smallest absolute Gasteiger partial charge is 0.292 e. The summed E-state index contributed by atoms with van der Waals surface area (Å²) in [5.41, 5.74) is 7.55. The Hall–Kier alpha value is -2.89. The third-order valence-corrected chi connectivity index (χ3v) is 5.98. The van der Waals surface area contributed by atoms with E-state index in [0.717, 1.165) is 32.1 Å². The van der Waals surface area contributed by atoms with Crippen molar-refractivity contribution in [2.75, 3.05) is 43.4 Å². The van der Waals surface area contributed by atoms with E-state index in [1.54, 1.807) is 54.4 Å². The van der Waals surface area contributed by atoms with Crippen molar-refractivity contribution in [1.29, 1.82) is 0 Å². The molecule has 1 aliphatic rings. The van der Waals surface area contributed by atoms with E-state index in [4.69, 9.17) is 32.0 Å². The highest BCUT2D eigenvalue weighted by Crippen LogP contribution is 2.38. The molecule has 2 amide bonds. The molecule has 1 aromatic carbocycles. The van der Waals surface area contributed by atoms with Gasteiger partial charge in [-0.3, -0.25) is 9.59 Å². The number of aliphatic hydroxyl groups is 2. The van der Waals surface area contributed by atoms with Gasteiger partial charge >= 0.3 is 0 Å². The van der Waals surface area contributed by atoms with Gasteiger partial charge in [0.1, 0.15) is 11.5 Å². The zero-order valence-corrected chi connectivity index (χ0v) is 22.4. The molecule has 1 fully saturated rings. The molecule has 0 spiro atoms. The number of aromatic nitrogens is 1. The molecule has 37 heavy (non-hydrogen) atoms. The van der Waals surface area contributed by atoms with Crippen molar-refractivity contribution in [2.24, 2.45) is 5.92 Å². The molecule has 3 aromatic rings. The fraction of sp³-hybridized carbons (Fsp3) is 0.400. The lowest BCUT2D eigenvalue weighted by Gasteiger charge is -2.34. The van der Waals surface area contributed by atoms with Crippen molar-refractivity contribution in [3.8, 4) is 0 Å². The molecule has 0 saturated heterocycles. The molecule has 0 aliphatic heterocycles. The number of anilines is 3. The number of benzene rings is 1. The molecule has 2 heterocycles. The zero-order valence-electron chi connectivity index (χ0n) is 20.8. The van der Waals surface area contributed by atoms with E-state index in [0.29, 0.717) is 33.2 Å². The number of nitrogen functional groups attached to an aromatic ring is 1. The molecule has 1 aliphatic carbocycles. The fourth-order valence-electron chi connectivity index (χ4n) is 4.09. The second-order valence-electron chi connectivity index (χ2n) is 8.63. The number of carbonyl (C=O) groups is 2. The molecule has 202 valence electrons. The summed E-state index contributed by atoms with van der Waals surface area (Å²) in [5, 5.41) is 22.4. The number of aliphatic hydroxyl groups excluding tert-OH is 2. The lowest BCUT2D eigenvalue weighted by atomic mass is 9.88. The van der Waals surface area contributed by atoms with Gasteiger partial charge in [0.15, 0.2) is 11.3 Å². The minimum Gasteiger partial charge on any atom is -0.449 e. The van der Waals surface area contributed by atoms with E-state index in [1.165, 1.54) is 6.20 Å². The second-order valence-corrected chi connectivity index (χ2v) is 9.06. The van der Waals surface area contributed by atoms with Crippen molar-refractivity contribution in [1.82, 2.24) is 9.99 Å². The van der Waals surface area contributed by atoms with E-state index in [-0.39, 0.29) is 43.2 Å². The van der Waals surface area contributed by atoms with Crippen LogP contribution in [0.2, 0.25) is 5.02 Å². The number of nitrogens with zero attached hydrogens (tertiary/aromatic N) is 3. The van der Waals surface area contributed by atoms with E-state index in [9.17, 15) is 9.59 Å². The Bertz CT molecular complexity index is 1180. The topological polar surface area (TPSA) is 145 Å². The zero-order chi connectivity index (χ0) is 26.2. The first-order valence-electron chi connectivity index (χ1n) is 11.7. The monoisotopic (exact) mass is 553 g/mol. The number of halogens is 2. The van der Waals surface area contributed by atoms with E-state index in [2.05, 4.69) is 10.3 Å². The van der Waals surface area contributed by atoms with Crippen LogP contribution in [-0.4, -0.2) is 59.3 Å². The fourth-order valence-corrected chi connectivity index (χ4v) is 4.20. The first-order valence-corrected chi connectivity index (χ1v) is 12.1. The Kier molecular flexibility index (Phi) is 11.6. The number of pyridine rings is 1. The molecule has 5 N–H and O–H groups in total. The van der Waals surface area contributed by atoms with Gasteiger partial charge in [-0.05, 0) is 43.2 Å². The third-order valence-electron chi connectivity index (χ3n) is 5.76. The lowest BCUT2D eigenvalue weighted by Crippen LogP contribution is -2.46. The molecule has 10 nitrogen and oxygen atoms in total. The molecule has 1 saturated carbocycles. The first-order chi connectivity index (χ1) is 17.3. The summed E-state index contributed by atoms with van der Waals surface area (Å²) in [4.78, 5) is 30.3. The van der Waals surface area contributed by atoms with Crippen LogP contribution in [0.3, 0.4) is 0 Å². The Morgan fingerprint density at radius 3 is 2.38 bits per heavy atom. The highest BCUT2D eigenvalue weighted by Gasteiger charge is 2.32. The van der Waals surface area contributed by atoms with Crippen molar-refractivity contribution >= 4 is 64.0 Å². The summed E-state index contributed by atoms with van der Waals surface area (Å²) in [7, 11) is 3.59. The number of hydrogen-bond acceptors (Lipinski definition) is 8. The molecule has 0 atom stereocenters. The number of hydrazine groups is 1. The second kappa shape index (κ2) is 14.2. The highest BCUT2D eigenvalue weighted by atomic mass is 35.5. The SMILES string of the molecule is CN(C)N(C(=O)C1CCCCC1)c1c(N)ccc2cc(C(=O)Nc3ccc(Cl)cn3)oc12.Cl.OCCO. The van der Waals surface area contributed by atoms with Gasteiger partial charge in [-0.15, -0.1) is 12.4 Å². The lowest BCUT2D eigenvalue weighted by molar-refractivity contribution is -0.125. The number of hydrogen-bond donors (Lipinski definition) is 4. The molecule has 12 heteroatoms. The largest absolute Gasteiger partial charge is 0.449 e. The predicted molar refractivity (Wildman–Crippen MR) is 147 cm³/mol. The maximum atomic E-state index is 13.4. The Morgan fingerprint density at radius 1 is 1.14 bits per heavy atom. The molecule has 4 rings (SSSR count). The molecule has 0 unspecified atom stereocenters. The normalized spacial score (nSPS) is 13.5. The van der Waals surface area contributed by atoms with Gasteiger partial charge in [-0.2, -0.15) is 0 Å². The van der Waals surface area contributed by atoms with Crippen LogP contribution in [0.25, 0.3) is 11.0 Å². The van der Waals surface area contributed by atoms with Gasteiger partial charge in [0, 0.05) is 31.6 Å². The maximum Gasteiger partial charge on any atom is 0.292 e. The van der Waals surface area contributed by atoms with Crippen molar-refractivity contribution in [3.63, 3.8) is 0 Å². The maximum absolute atomic E-state index is 13.4. The van der Waals surface area contributed by atoms with E-state index >= 15 is 0 Å². The summed E-state index contributed by atoms with van der Waals surface area (Å²) in [6, 6.07) is 8.35. The van der Waals surface area contributed by atoms with Crippen LogP contribution in [0, 0.1) is 5.92 Å². The first kappa shape index (κ1) is 30.3. The van der Waals surface area contributed by atoms with Gasteiger partial charge in [0.2, 0.25) is 5.91 Å². The standard InChI is InChI=1S/C23H26ClN5O3.C2H6O2.ClH/c1-28(2)29(23(31)14-6-4-3-5-7-14)20-17(25)10-8-15-12-18(32-21(15)20)22(30)27-19-11-9-16(24)13-26-19;3-1-2-4;/h8-14H,3-7,25H2,1-2H3,(H,26,27,30);3-4H,1-2H2;1H. The number of nitrogens with two attached hydrogens (primary N) is 1. The molecule has 2 aromatic heterocycles.